The molecule has 102 valence electrons. The van der Waals surface area contributed by atoms with E-state index in [1.54, 1.807) is 0 Å². The molecule has 9 heteroatoms. The van der Waals surface area contributed by atoms with E-state index in [-0.39, 0.29) is 21.5 Å². The molecule has 8 nitrogen and oxygen atoms in total. The first-order valence-corrected chi connectivity index (χ1v) is 6.40. The Balaban J connectivity index is 3.06. The number of nitrogens with zero attached hydrogens (tertiary/aromatic N) is 1. The maximum atomic E-state index is 11.8. The van der Waals surface area contributed by atoms with Gasteiger partial charge in [0.15, 0.2) is 0 Å². The lowest BCUT2D eigenvalue weighted by atomic mass is 10.3. The van der Waals surface area contributed by atoms with Crippen molar-refractivity contribution in [1.82, 2.24) is 4.41 Å². The highest BCUT2D eigenvalue weighted by Gasteiger charge is 2.25. The molecule has 2 amide bonds. The summed E-state index contributed by atoms with van der Waals surface area (Å²) < 4.78 is 23.5. The van der Waals surface area contributed by atoms with Crippen molar-refractivity contribution in [2.75, 3.05) is 5.32 Å². The van der Waals surface area contributed by atoms with Crippen LogP contribution in [0.3, 0.4) is 0 Å². The Morgan fingerprint density at radius 2 is 1.79 bits per heavy atom. The minimum atomic E-state index is -4.28. The fraction of sp³-hybridized carbons (Fsp3) is 0.100. The molecule has 0 aliphatic carbocycles. The number of benzene rings is 1. The van der Waals surface area contributed by atoms with E-state index in [1.807, 2.05) is 0 Å². The van der Waals surface area contributed by atoms with Crippen LogP contribution in [-0.4, -0.2) is 30.9 Å². The van der Waals surface area contributed by atoms with Gasteiger partial charge in [0, 0.05) is 12.6 Å². The fourth-order valence-corrected chi connectivity index (χ4v) is 2.18. The SMILES string of the molecule is CC(=O)Nc1ccc(S(=O)(=O)N(N)C(=O)C=O)cc1. The number of rotatable bonds is 4. The van der Waals surface area contributed by atoms with Crippen molar-refractivity contribution in [3.63, 3.8) is 0 Å². The summed E-state index contributed by atoms with van der Waals surface area (Å²) in [5.41, 5.74) is 0.386. The number of nitrogens with one attached hydrogen (secondary N) is 1. The average Bonchev–Trinajstić information content (AvgIpc) is 2.36. The van der Waals surface area contributed by atoms with E-state index >= 15 is 0 Å². The molecule has 1 aromatic rings. The molecule has 0 saturated heterocycles. The predicted octanol–water partition coefficient (Wildman–Crippen LogP) is -0.765. The van der Waals surface area contributed by atoms with E-state index < -0.39 is 15.9 Å². The molecule has 19 heavy (non-hydrogen) atoms. The summed E-state index contributed by atoms with van der Waals surface area (Å²) in [7, 11) is -4.28. The highest BCUT2D eigenvalue weighted by molar-refractivity contribution is 7.89. The molecule has 0 saturated carbocycles. The lowest BCUT2D eigenvalue weighted by Crippen LogP contribution is -2.43. The van der Waals surface area contributed by atoms with E-state index in [2.05, 4.69) is 5.32 Å². The van der Waals surface area contributed by atoms with Crippen LogP contribution < -0.4 is 11.2 Å². The van der Waals surface area contributed by atoms with Gasteiger partial charge in [-0.1, -0.05) is 0 Å². The van der Waals surface area contributed by atoms with E-state index in [0.717, 1.165) is 12.1 Å². The van der Waals surface area contributed by atoms with Crippen LogP contribution >= 0.6 is 0 Å². The maximum Gasteiger partial charge on any atom is 0.314 e. The molecule has 0 spiro atoms. The second-order valence-corrected chi connectivity index (χ2v) is 5.28. The third kappa shape index (κ3) is 3.36. The topological polar surface area (TPSA) is 127 Å². The zero-order valence-electron chi connectivity index (χ0n) is 9.86. The molecule has 0 aliphatic rings. The summed E-state index contributed by atoms with van der Waals surface area (Å²) in [4.78, 5) is 31.7. The van der Waals surface area contributed by atoms with Gasteiger partial charge in [-0.15, -0.1) is 0 Å². The minimum absolute atomic E-state index is 0.145. The van der Waals surface area contributed by atoms with Crippen molar-refractivity contribution in [3.05, 3.63) is 24.3 Å². The number of carbonyl (C=O) groups is 3. The van der Waals surface area contributed by atoms with Crippen molar-refractivity contribution in [3.8, 4) is 0 Å². The molecule has 0 fully saturated rings. The molecule has 1 aromatic carbocycles. The van der Waals surface area contributed by atoms with Gasteiger partial charge in [0.2, 0.25) is 12.2 Å². The standard InChI is InChI=1S/C10H11N3O5S/c1-7(15)12-8-2-4-9(5-3-8)19(17,18)13(11)10(16)6-14/h2-6H,11H2,1H3,(H,12,15). The molecular formula is C10H11N3O5S. The van der Waals surface area contributed by atoms with Gasteiger partial charge in [0.25, 0.3) is 10.0 Å². The quantitative estimate of drug-likeness (QED) is 0.246. The molecule has 3 N–H and O–H groups in total. The first-order valence-electron chi connectivity index (χ1n) is 4.96. The van der Waals surface area contributed by atoms with Gasteiger partial charge in [0.1, 0.15) is 0 Å². The molecule has 1 rings (SSSR count). The van der Waals surface area contributed by atoms with E-state index in [0.29, 0.717) is 5.69 Å². The van der Waals surface area contributed by atoms with Crippen LogP contribution in [0.5, 0.6) is 0 Å². The Kier molecular flexibility index (Phi) is 4.35. The van der Waals surface area contributed by atoms with Crippen molar-refractivity contribution >= 4 is 33.8 Å². The third-order valence-corrected chi connectivity index (χ3v) is 3.62. The van der Waals surface area contributed by atoms with Gasteiger partial charge in [-0.25, -0.2) is 5.84 Å². The summed E-state index contributed by atoms with van der Waals surface area (Å²) in [6.07, 6.45) is -0.205. The van der Waals surface area contributed by atoms with Crippen LogP contribution in [0.15, 0.2) is 29.2 Å². The third-order valence-electron chi connectivity index (χ3n) is 2.05. The highest BCUT2D eigenvalue weighted by Crippen LogP contribution is 2.16. The number of amides is 2. The van der Waals surface area contributed by atoms with E-state index in [9.17, 15) is 22.8 Å². The summed E-state index contributed by atoms with van der Waals surface area (Å²) in [5.74, 6) is 3.35. The summed E-state index contributed by atoms with van der Waals surface area (Å²) in [5, 5.41) is 2.44. The fourth-order valence-electron chi connectivity index (χ4n) is 1.20. The first kappa shape index (κ1) is 14.8. The number of hydrogen-bond donors (Lipinski definition) is 2. The zero-order valence-corrected chi connectivity index (χ0v) is 10.7. The van der Waals surface area contributed by atoms with Gasteiger partial charge < -0.3 is 5.32 Å². The number of carbonyl (C=O) groups excluding carboxylic acids is 3. The Hall–Kier alpha value is -2.26. The van der Waals surface area contributed by atoms with Gasteiger partial charge in [0.05, 0.1) is 4.90 Å². The molecule has 0 atom stereocenters. The largest absolute Gasteiger partial charge is 0.326 e. The molecule has 0 radical (unpaired) electrons. The smallest absolute Gasteiger partial charge is 0.314 e. The molecule has 0 aliphatic heterocycles. The van der Waals surface area contributed by atoms with Crippen LogP contribution in [0.1, 0.15) is 6.92 Å². The number of nitrogens with two attached hydrogens (primary N) is 1. The van der Waals surface area contributed by atoms with Gasteiger partial charge in [-0.2, -0.15) is 12.8 Å². The lowest BCUT2D eigenvalue weighted by Gasteiger charge is -2.14. The molecular weight excluding hydrogens is 274 g/mol. The van der Waals surface area contributed by atoms with E-state index in [4.69, 9.17) is 5.84 Å². The number of hydrazine groups is 1. The normalized spacial score (nSPS) is 10.6. The van der Waals surface area contributed by atoms with Crippen molar-refractivity contribution in [2.45, 2.75) is 11.8 Å². The summed E-state index contributed by atoms with van der Waals surface area (Å²) >= 11 is 0. The zero-order chi connectivity index (χ0) is 14.6. The summed E-state index contributed by atoms with van der Waals surface area (Å²) in [6.45, 7) is 1.30. The van der Waals surface area contributed by atoms with Crippen LogP contribution in [0.25, 0.3) is 0 Å². The Labute approximate surface area is 109 Å². The number of anilines is 1. The van der Waals surface area contributed by atoms with Gasteiger partial charge >= 0.3 is 5.91 Å². The van der Waals surface area contributed by atoms with Crippen molar-refractivity contribution in [1.29, 1.82) is 0 Å². The lowest BCUT2D eigenvalue weighted by molar-refractivity contribution is -0.135. The monoisotopic (exact) mass is 285 g/mol. The van der Waals surface area contributed by atoms with Gasteiger partial charge in [-0.05, 0) is 24.3 Å². The van der Waals surface area contributed by atoms with E-state index in [1.165, 1.54) is 19.1 Å². The van der Waals surface area contributed by atoms with Crippen LogP contribution in [0, 0.1) is 0 Å². The maximum absolute atomic E-state index is 11.8. The second kappa shape index (κ2) is 5.59. The molecule has 0 bridgehead atoms. The summed E-state index contributed by atoms with van der Waals surface area (Å²) in [6, 6.07) is 4.96. The van der Waals surface area contributed by atoms with Crippen molar-refractivity contribution < 1.29 is 22.8 Å². The second-order valence-electron chi connectivity index (χ2n) is 3.46. The van der Waals surface area contributed by atoms with Gasteiger partial charge in [-0.3, -0.25) is 14.4 Å². The highest BCUT2D eigenvalue weighted by atomic mass is 32.2. The minimum Gasteiger partial charge on any atom is -0.326 e. The Morgan fingerprint density at radius 1 is 1.26 bits per heavy atom. The molecule has 0 heterocycles. The Morgan fingerprint density at radius 3 is 2.21 bits per heavy atom. The van der Waals surface area contributed by atoms with Crippen molar-refractivity contribution in [2.24, 2.45) is 5.84 Å². The number of aldehydes is 1. The molecule has 0 unspecified atom stereocenters. The van der Waals surface area contributed by atoms with Crippen LogP contribution in [0.2, 0.25) is 0 Å². The Bertz CT molecular complexity index is 609. The number of sulfonamides is 1. The van der Waals surface area contributed by atoms with Crippen LogP contribution in [-0.2, 0) is 24.4 Å². The van der Waals surface area contributed by atoms with Crippen LogP contribution in [0.4, 0.5) is 5.69 Å². The average molecular weight is 285 g/mol. The number of hydrogen-bond acceptors (Lipinski definition) is 6. The first-order chi connectivity index (χ1) is 8.78. The predicted molar refractivity (Wildman–Crippen MR) is 65.0 cm³/mol. The molecule has 0 aromatic heterocycles.